The van der Waals surface area contributed by atoms with E-state index < -0.39 is 11.2 Å². The molecule has 0 aliphatic carbocycles. The summed E-state index contributed by atoms with van der Waals surface area (Å²) in [5, 5.41) is 17.0. The van der Waals surface area contributed by atoms with Crippen molar-refractivity contribution in [3.8, 4) is 0 Å². The molecule has 66 valence electrons. The van der Waals surface area contributed by atoms with Crippen LogP contribution in [0.25, 0.3) is 0 Å². The van der Waals surface area contributed by atoms with Crippen molar-refractivity contribution in [2.75, 3.05) is 0 Å². The normalized spacial score (nSPS) is 10.9. The van der Waals surface area contributed by atoms with Gasteiger partial charge in [-0.3, -0.25) is 0 Å². The van der Waals surface area contributed by atoms with Gasteiger partial charge in [-0.1, -0.05) is 0 Å². The van der Waals surface area contributed by atoms with Crippen LogP contribution in [-0.4, -0.2) is 72.8 Å². The zero-order valence-electron chi connectivity index (χ0n) is 7.89. The quantitative estimate of drug-likeness (QED) is 0.555. The van der Waals surface area contributed by atoms with Gasteiger partial charge in [0.1, 0.15) is 0 Å². The van der Waals surface area contributed by atoms with Gasteiger partial charge in [0.15, 0.2) is 0 Å². The molecule has 11 heavy (non-hydrogen) atoms. The molecule has 2 nitrogen and oxygen atoms in total. The van der Waals surface area contributed by atoms with E-state index in [0.29, 0.717) is 0 Å². The summed E-state index contributed by atoms with van der Waals surface area (Å²) in [6, 6.07) is 0. The SMILES string of the molecule is CC(C)(C)O.CC(C)(C)O.[KH]. The van der Waals surface area contributed by atoms with Crippen LogP contribution in [0.2, 0.25) is 0 Å². The number of rotatable bonds is 0. The molecular weight excluding hydrogens is 167 g/mol. The minimum atomic E-state index is -0.500. The van der Waals surface area contributed by atoms with Crippen LogP contribution in [0.1, 0.15) is 41.5 Å². The second-order valence-corrected chi connectivity index (χ2v) is 4.34. The van der Waals surface area contributed by atoms with Gasteiger partial charge in [0.05, 0.1) is 11.2 Å². The van der Waals surface area contributed by atoms with Gasteiger partial charge >= 0.3 is 51.4 Å². The Labute approximate surface area is 113 Å². The van der Waals surface area contributed by atoms with Gasteiger partial charge in [-0.15, -0.1) is 0 Å². The van der Waals surface area contributed by atoms with E-state index in [-0.39, 0.29) is 51.4 Å². The molecule has 0 heterocycles. The third-order valence-electron chi connectivity index (χ3n) is 0. The third-order valence-corrected chi connectivity index (χ3v) is 0. The summed E-state index contributed by atoms with van der Waals surface area (Å²) in [6.45, 7) is 10.5. The van der Waals surface area contributed by atoms with Crippen molar-refractivity contribution >= 4 is 51.4 Å². The van der Waals surface area contributed by atoms with E-state index in [1.54, 1.807) is 41.5 Å². The monoisotopic (exact) mass is 188 g/mol. The average Bonchev–Trinajstić information content (AvgIpc) is 1.12. The van der Waals surface area contributed by atoms with Crippen LogP contribution in [0.5, 0.6) is 0 Å². The molecule has 0 aromatic heterocycles. The van der Waals surface area contributed by atoms with Crippen molar-refractivity contribution < 1.29 is 10.2 Å². The Morgan fingerprint density at radius 3 is 0.636 bits per heavy atom. The maximum atomic E-state index is 8.52. The molecule has 3 heteroatoms. The summed E-state index contributed by atoms with van der Waals surface area (Å²) in [5.74, 6) is 0. The Kier molecular flexibility index (Phi) is 11.7. The van der Waals surface area contributed by atoms with Crippen LogP contribution in [0.15, 0.2) is 0 Å². The van der Waals surface area contributed by atoms with Gasteiger partial charge in [-0.05, 0) is 41.5 Å². The summed E-state index contributed by atoms with van der Waals surface area (Å²) in [4.78, 5) is 0. The molecule has 0 aromatic rings. The molecule has 0 atom stereocenters. The van der Waals surface area contributed by atoms with E-state index >= 15 is 0 Å². The predicted octanol–water partition coefficient (Wildman–Crippen LogP) is 0.906. The fourth-order valence-electron chi connectivity index (χ4n) is 0. The van der Waals surface area contributed by atoms with Crippen molar-refractivity contribution in [3.63, 3.8) is 0 Å². The van der Waals surface area contributed by atoms with Crippen molar-refractivity contribution in [2.24, 2.45) is 0 Å². The summed E-state index contributed by atoms with van der Waals surface area (Å²) in [6.07, 6.45) is 0. The Balaban J connectivity index is -0.000000107. The fraction of sp³-hybridized carbons (Fsp3) is 1.00. The fourth-order valence-corrected chi connectivity index (χ4v) is 0. The molecule has 0 saturated heterocycles. The standard InChI is InChI=1S/2C4H10O.K.H/c2*1-4(2,3)5;;/h2*5H,1-3H3;;. The van der Waals surface area contributed by atoms with E-state index in [9.17, 15) is 0 Å². The van der Waals surface area contributed by atoms with Crippen LogP contribution in [-0.2, 0) is 0 Å². The molecule has 0 bridgehead atoms. The number of aliphatic hydroxyl groups is 2. The van der Waals surface area contributed by atoms with E-state index in [1.165, 1.54) is 0 Å². The molecule has 0 aromatic carbocycles. The topological polar surface area (TPSA) is 40.5 Å². The maximum absolute atomic E-state index is 8.52. The molecule has 0 aliphatic rings. The molecule has 0 fully saturated rings. The second-order valence-electron chi connectivity index (χ2n) is 4.34. The van der Waals surface area contributed by atoms with Crippen LogP contribution >= 0.6 is 0 Å². The number of hydrogen-bond acceptors (Lipinski definition) is 2. The first kappa shape index (κ1) is 18.4. The molecule has 2 N–H and O–H groups in total. The first-order valence-electron chi connectivity index (χ1n) is 3.45. The van der Waals surface area contributed by atoms with Gasteiger partial charge in [0, 0.05) is 0 Å². The van der Waals surface area contributed by atoms with Gasteiger partial charge in [0.25, 0.3) is 0 Å². The van der Waals surface area contributed by atoms with Gasteiger partial charge < -0.3 is 10.2 Å². The van der Waals surface area contributed by atoms with E-state index in [2.05, 4.69) is 0 Å². The Hall–Kier alpha value is 1.56. The predicted molar refractivity (Wildman–Crippen MR) is 51.1 cm³/mol. The summed E-state index contributed by atoms with van der Waals surface area (Å²) in [5.41, 5.74) is -1.00. The first-order valence-corrected chi connectivity index (χ1v) is 3.45. The second kappa shape index (κ2) is 7.01. The number of hydrogen-bond donors (Lipinski definition) is 2. The third kappa shape index (κ3) is 436. The molecule has 0 radical (unpaired) electrons. The molecule has 0 aliphatic heterocycles. The Morgan fingerprint density at radius 1 is 0.636 bits per heavy atom. The Morgan fingerprint density at radius 2 is 0.636 bits per heavy atom. The zero-order chi connectivity index (χ0) is 9.00. The van der Waals surface area contributed by atoms with Crippen molar-refractivity contribution in [3.05, 3.63) is 0 Å². The molecule has 0 rings (SSSR count). The van der Waals surface area contributed by atoms with Crippen LogP contribution in [0.4, 0.5) is 0 Å². The Bertz CT molecular complexity index is 55.1. The van der Waals surface area contributed by atoms with Gasteiger partial charge in [-0.25, -0.2) is 0 Å². The molecule has 0 spiro atoms. The van der Waals surface area contributed by atoms with Crippen LogP contribution in [0, 0.1) is 0 Å². The van der Waals surface area contributed by atoms with Crippen molar-refractivity contribution in [1.82, 2.24) is 0 Å². The van der Waals surface area contributed by atoms with E-state index in [4.69, 9.17) is 10.2 Å². The van der Waals surface area contributed by atoms with Crippen molar-refractivity contribution in [2.45, 2.75) is 52.7 Å². The first-order chi connectivity index (χ1) is 4.00. The summed E-state index contributed by atoms with van der Waals surface area (Å²) in [7, 11) is 0. The van der Waals surface area contributed by atoms with Crippen molar-refractivity contribution in [1.29, 1.82) is 0 Å². The van der Waals surface area contributed by atoms with Gasteiger partial charge in [-0.2, -0.15) is 0 Å². The molecular formula is C8H21KO2. The molecule has 0 saturated carbocycles. The van der Waals surface area contributed by atoms with E-state index in [1.807, 2.05) is 0 Å². The summed E-state index contributed by atoms with van der Waals surface area (Å²) >= 11 is 0. The average molecular weight is 188 g/mol. The molecule has 0 amide bonds. The van der Waals surface area contributed by atoms with Gasteiger partial charge in [0.2, 0.25) is 0 Å². The summed E-state index contributed by atoms with van der Waals surface area (Å²) < 4.78 is 0. The van der Waals surface area contributed by atoms with Crippen LogP contribution < -0.4 is 0 Å². The van der Waals surface area contributed by atoms with E-state index in [0.717, 1.165) is 0 Å². The van der Waals surface area contributed by atoms with Crippen LogP contribution in [0.3, 0.4) is 0 Å². The molecule has 0 unspecified atom stereocenters. The minimum absolute atomic E-state index is 0. The zero-order valence-corrected chi connectivity index (χ0v) is 7.89.